The molecule has 22 heavy (non-hydrogen) atoms. The largest absolute Gasteiger partial charge is 0.251 e. The van der Waals surface area contributed by atoms with Crippen molar-refractivity contribution >= 4 is 0 Å². The number of allylic oxidation sites excluding steroid dienone is 2. The summed E-state index contributed by atoms with van der Waals surface area (Å²) in [5.74, 6) is 1.41. The third-order valence-electron chi connectivity index (χ3n) is 4.98. The van der Waals surface area contributed by atoms with Crippen LogP contribution in [0.5, 0.6) is 0 Å². The molecule has 0 saturated heterocycles. The molecule has 0 bridgehead atoms. The predicted molar refractivity (Wildman–Crippen MR) is 94.1 cm³/mol. The zero-order chi connectivity index (χ0) is 15.6. The van der Waals surface area contributed by atoms with Gasteiger partial charge in [-0.3, -0.25) is 4.39 Å². The Bertz CT molecular complexity index is 424. The Hall–Kier alpha value is -1.11. The summed E-state index contributed by atoms with van der Waals surface area (Å²) in [4.78, 5) is 0. The highest BCUT2D eigenvalue weighted by Crippen LogP contribution is 2.36. The average Bonchev–Trinajstić information content (AvgIpc) is 2.57. The van der Waals surface area contributed by atoms with Crippen LogP contribution in [-0.2, 0) is 6.42 Å². The highest BCUT2D eigenvalue weighted by molar-refractivity contribution is 5.26. The van der Waals surface area contributed by atoms with Crippen molar-refractivity contribution in [3.63, 3.8) is 0 Å². The lowest BCUT2D eigenvalue weighted by molar-refractivity contribution is 0.375. The van der Waals surface area contributed by atoms with Crippen LogP contribution in [0.1, 0.15) is 75.3 Å². The van der Waals surface area contributed by atoms with E-state index in [-0.39, 0.29) is 6.67 Å². The third kappa shape index (κ3) is 5.59. The fraction of sp³-hybridized carbons (Fsp3) is 0.619. The van der Waals surface area contributed by atoms with Crippen LogP contribution >= 0.6 is 0 Å². The molecular formula is C21H31F. The van der Waals surface area contributed by atoms with Crippen LogP contribution in [0.25, 0.3) is 0 Å². The molecule has 0 spiro atoms. The fourth-order valence-corrected chi connectivity index (χ4v) is 3.53. The molecule has 0 radical (unpaired) electrons. The zero-order valence-electron chi connectivity index (χ0n) is 14.1. The number of hydrogen-bond donors (Lipinski definition) is 0. The first-order valence-corrected chi connectivity index (χ1v) is 9.15. The van der Waals surface area contributed by atoms with Crippen molar-refractivity contribution in [1.82, 2.24) is 0 Å². The van der Waals surface area contributed by atoms with E-state index in [4.69, 9.17) is 0 Å². The maximum absolute atomic E-state index is 12.1. The molecule has 1 aromatic carbocycles. The molecule has 1 saturated carbocycles. The summed E-state index contributed by atoms with van der Waals surface area (Å²) in [6.45, 7) is 2.03. The molecule has 1 fully saturated rings. The molecule has 1 aliphatic carbocycles. The van der Waals surface area contributed by atoms with Crippen molar-refractivity contribution in [2.24, 2.45) is 5.92 Å². The van der Waals surface area contributed by atoms with E-state index >= 15 is 0 Å². The maximum Gasteiger partial charge on any atom is 0.0928 e. The number of alkyl halides is 1. The number of unbranched alkanes of at least 4 members (excludes halogenated alkanes) is 2. The quantitative estimate of drug-likeness (QED) is 0.374. The van der Waals surface area contributed by atoms with Gasteiger partial charge >= 0.3 is 0 Å². The van der Waals surface area contributed by atoms with Gasteiger partial charge in [0, 0.05) is 0 Å². The number of benzene rings is 1. The van der Waals surface area contributed by atoms with Gasteiger partial charge in [0.15, 0.2) is 0 Å². The van der Waals surface area contributed by atoms with Crippen molar-refractivity contribution in [2.45, 2.75) is 70.6 Å². The van der Waals surface area contributed by atoms with Crippen molar-refractivity contribution in [2.75, 3.05) is 6.67 Å². The van der Waals surface area contributed by atoms with Crippen molar-refractivity contribution < 1.29 is 4.39 Å². The van der Waals surface area contributed by atoms with Gasteiger partial charge < -0.3 is 0 Å². The Balaban J connectivity index is 1.78. The van der Waals surface area contributed by atoms with Gasteiger partial charge in [0.25, 0.3) is 0 Å². The lowest BCUT2D eigenvalue weighted by Gasteiger charge is -2.27. The van der Waals surface area contributed by atoms with Gasteiger partial charge in [-0.15, -0.1) is 0 Å². The standard InChI is InChI=1S/C21H31F/c1-2-3-4-7-18-9-13-20(14-10-18)21-15-11-19(12-16-21)8-5-6-17-22/h5,8-10,13-14,19,21H,2-4,6-7,11-12,15-17H2,1H3/b8-5+/t19-,21-. The van der Waals surface area contributed by atoms with E-state index in [1.54, 1.807) is 0 Å². The van der Waals surface area contributed by atoms with Crippen LogP contribution in [0.4, 0.5) is 4.39 Å². The van der Waals surface area contributed by atoms with Crippen molar-refractivity contribution in [3.8, 4) is 0 Å². The summed E-state index contributed by atoms with van der Waals surface area (Å²) >= 11 is 0. The van der Waals surface area contributed by atoms with E-state index in [9.17, 15) is 4.39 Å². The topological polar surface area (TPSA) is 0 Å². The molecule has 0 aromatic heterocycles. The average molecular weight is 302 g/mol. The van der Waals surface area contributed by atoms with Crippen LogP contribution in [0, 0.1) is 5.92 Å². The minimum Gasteiger partial charge on any atom is -0.251 e. The summed E-state index contributed by atoms with van der Waals surface area (Å²) in [6.07, 6.45) is 15.1. The molecular weight excluding hydrogens is 271 g/mol. The normalized spacial score (nSPS) is 22.3. The molecule has 1 aliphatic rings. The SMILES string of the molecule is CCCCCc1ccc([C@H]2CC[C@H](/C=C/CCF)CC2)cc1. The smallest absolute Gasteiger partial charge is 0.0928 e. The number of hydrogen-bond acceptors (Lipinski definition) is 0. The predicted octanol–water partition coefficient (Wildman–Crippen LogP) is 6.61. The Morgan fingerprint density at radius 1 is 1.05 bits per heavy atom. The monoisotopic (exact) mass is 302 g/mol. The Kier molecular flexibility index (Phi) is 7.70. The first-order valence-electron chi connectivity index (χ1n) is 9.15. The van der Waals surface area contributed by atoms with Gasteiger partial charge in [-0.25, -0.2) is 0 Å². The first-order chi connectivity index (χ1) is 10.8. The number of aryl methyl sites for hydroxylation is 1. The minimum absolute atomic E-state index is 0.226. The molecule has 122 valence electrons. The van der Waals surface area contributed by atoms with Gasteiger partial charge in [-0.05, 0) is 67.9 Å². The number of rotatable bonds is 8. The highest BCUT2D eigenvalue weighted by Gasteiger charge is 2.20. The molecule has 2 rings (SSSR count). The zero-order valence-corrected chi connectivity index (χ0v) is 14.1. The van der Waals surface area contributed by atoms with Gasteiger partial charge in [-0.1, -0.05) is 56.2 Å². The lowest BCUT2D eigenvalue weighted by Crippen LogP contribution is -2.11. The first kappa shape index (κ1) is 17.2. The molecule has 1 heteroatoms. The minimum atomic E-state index is -0.226. The lowest BCUT2D eigenvalue weighted by atomic mass is 9.78. The van der Waals surface area contributed by atoms with E-state index in [1.807, 2.05) is 6.08 Å². The molecule has 0 nitrogen and oxygen atoms in total. The fourth-order valence-electron chi connectivity index (χ4n) is 3.53. The second kappa shape index (κ2) is 9.82. The van der Waals surface area contributed by atoms with Gasteiger partial charge in [0.05, 0.1) is 6.67 Å². The summed E-state index contributed by atoms with van der Waals surface area (Å²) in [5, 5.41) is 0. The van der Waals surface area contributed by atoms with Crippen molar-refractivity contribution in [3.05, 3.63) is 47.5 Å². The van der Waals surface area contributed by atoms with Crippen LogP contribution < -0.4 is 0 Å². The van der Waals surface area contributed by atoms with E-state index in [0.29, 0.717) is 12.3 Å². The Morgan fingerprint density at radius 2 is 1.77 bits per heavy atom. The van der Waals surface area contributed by atoms with Crippen LogP contribution in [0.15, 0.2) is 36.4 Å². The Labute approximate surface area is 135 Å². The summed E-state index contributed by atoms with van der Waals surface area (Å²) in [6, 6.07) is 9.37. The highest BCUT2D eigenvalue weighted by atomic mass is 19.1. The van der Waals surface area contributed by atoms with Crippen LogP contribution in [0.2, 0.25) is 0 Å². The summed E-state index contributed by atoms with van der Waals surface area (Å²) < 4.78 is 12.1. The molecule has 0 N–H and O–H groups in total. The number of halogens is 1. The molecule has 1 aromatic rings. The third-order valence-corrected chi connectivity index (χ3v) is 4.98. The maximum atomic E-state index is 12.1. The summed E-state index contributed by atoms with van der Waals surface area (Å²) in [5.41, 5.74) is 3.01. The second-order valence-electron chi connectivity index (χ2n) is 6.72. The van der Waals surface area contributed by atoms with E-state index in [0.717, 1.165) is 5.92 Å². The van der Waals surface area contributed by atoms with Crippen molar-refractivity contribution in [1.29, 1.82) is 0 Å². The van der Waals surface area contributed by atoms with Crippen LogP contribution in [-0.4, -0.2) is 6.67 Å². The van der Waals surface area contributed by atoms with Gasteiger partial charge in [0.1, 0.15) is 0 Å². The second-order valence-corrected chi connectivity index (χ2v) is 6.72. The van der Waals surface area contributed by atoms with Gasteiger partial charge in [-0.2, -0.15) is 0 Å². The van der Waals surface area contributed by atoms with E-state index < -0.39 is 0 Å². The molecule has 0 heterocycles. The molecule has 0 aliphatic heterocycles. The van der Waals surface area contributed by atoms with Gasteiger partial charge in [0.2, 0.25) is 0 Å². The molecule has 0 amide bonds. The molecule has 0 atom stereocenters. The molecule has 0 unspecified atom stereocenters. The van der Waals surface area contributed by atoms with E-state index in [2.05, 4.69) is 37.3 Å². The van der Waals surface area contributed by atoms with Crippen LogP contribution in [0.3, 0.4) is 0 Å². The van der Waals surface area contributed by atoms with E-state index in [1.165, 1.54) is 62.5 Å². The summed E-state index contributed by atoms with van der Waals surface area (Å²) in [7, 11) is 0. The Morgan fingerprint density at radius 3 is 2.41 bits per heavy atom.